The van der Waals surface area contributed by atoms with E-state index in [9.17, 15) is 23.6 Å². The number of carbonyl (C=O) groups is 1. The van der Waals surface area contributed by atoms with Gasteiger partial charge in [0.05, 0.1) is 23.3 Å². The molecule has 0 saturated carbocycles. The van der Waals surface area contributed by atoms with Crippen LogP contribution in [0.4, 0.5) is 14.5 Å². The van der Waals surface area contributed by atoms with Crippen LogP contribution in [-0.2, 0) is 11.3 Å². The molecule has 4 aromatic rings. The van der Waals surface area contributed by atoms with Crippen molar-refractivity contribution in [3.8, 4) is 28.8 Å². The number of fused-ring (bicyclic) bond motifs is 2. The number of anilines is 1. The Bertz CT molecular complexity index is 1620. The van der Waals surface area contributed by atoms with Gasteiger partial charge in [0.2, 0.25) is 5.91 Å². The number of hydrogen-bond acceptors (Lipinski definition) is 7. The number of aryl methyl sites for hydroxylation is 1. The lowest BCUT2D eigenvalue weighted by Crippen LogP contribution is -2.37. The Morgan fingerprint density at radius 2 is 1.94 bits per heavy atom. The zero-order chi connectivity index (χ0) is 25.6. The summed E-state index contributed by atoms with van der Waals surface area (Å²) in [7, 11) is 0. The Kier molecular flexibility index (Phi) is 5.44. The fourth-order valence-electron chi connectivity index (χ4n) is 4.06. The molecule has 11 heteroatoms. The number of furan rings is 1. The highest BCUT2D eigenvalue weighted by Crippen LogP contribution is 2.42. The summed E-state index contributed by atoms with van der Waals surface area (Å²) in [5, 5.41) is 14.0. The molecule has 0 bridgehead atoms. The first kappa shape index (κ1) is 23.0. The molecule has 0 spiro atoms. The van der Waals surface area contributed by atoms with Gasteiger partial charge in [-0.3, -0.25) is 9.59 Å². The molecule has 0 N–H and O–H groups in total. The van der Waals surface area contributed by atoms with E-state index in [0.717, 1.165) is 10.2 Å². The number of amides is 1. The second kappa shape index (κ2) is 8.49. The molecular weight excluding hydrogens is 474 g/mol. The van der Waals surface area contributed by atoms with Gasteiger partial charge in [0.1, 0.15) is 12.2 Å². The first-order chi connectivity index (χ1) is 17.2. The van der Waals surface area contributed by atoms with Crippen molar-refractivity contribution in [2.75, 3.05) is 11.4 Å². The number of likely N-dealkylation sites (N-methyl/N-ethyl adjacent to an activating group) is 1. The molecule has 2 aromatic carbocycles. The third kappa shape index (κ3) is 3.92. The van der Waals surface area contributed by atoms with Gasteiger partial charge in [0.25, 0.3) is 5.56 Å². The Morgan fingerprint density at radius 3 is 2.69 bits per heavy atom. The first-order valence-corrected chi connectivity index (χ1v) is 10.9. The van der Waals surface area contributed by atoms with E-state index in [0.29, 0.717) is 16.8 Å². The number of aromatic nitrogens is 2. The van der Waals surface area contributed by atoms with Crippen LogP contribution in [0, 0.1) is 18.3 Å². The molecular formula is C25H18F2N4O5. The van der Waals surface area contributed by atoms with Crippen molar-refractivity contribution in [1.82, 2.24) is 9.78 Å². The van der Waals surface area contributed by atoms with Crippen LogP contribution in [0.5, 0.6) is 11.5 Å². The number of nitrogens with zero attached hydrogens (tertiary/aromatic N) is 4. The van der Waals surface area contributed by atoms with Crippen molar-refractivity contribution in [3.63, 3.8) is 0 Å². The fourth-order valence-corrected chi connectivity index (χ4v) is 4.06. The lowest BCUT2D eigenvalue weighted by atomic mass is 10.0. The van der Waals surface area contributed by atoms with Crippen LogP contribution >= 0.6 is 0 Å². The van der Waals surface area contributed by atoms with Gasteiger partial charge < -0.3 is 18.8 Å². The molecule has 182 valence electrons. The molecule has 36 heavy (non-hydrogen) atoms. The number of hydrogen-bond donors (Lipinski definition) is 0. The second-order valence-electron chi connectivity index (χ2n) is 8.05. The van der Waals surface area contributed by atoms with E-state index < -0.39 is 24.3 Å². The molecule has 5 rings (SSSR count). The average Bonchev–Trinajstić information content (AvgIpc) is 3.45. The summed E-state index contributed by atoms with van der Waals surface area (Å²) in [5.41, 5.74) is 2.08. The van der Waals surface area contributed by atoms with Crippen molar-refractivity contribution >= 4 is 22.6 Å². The molecule has 0 saturated heterocycles. The highest BCUT2D eigenvalue weighted by molar-refractivity contribution is 5.94. The third-order valence-electron chi connectivity index (χ3n) is 5.79. The zero-order valence-corrected chi connectivity index (χ0v) is 19.1. The van der Waals surface area contributed by atoms with Crippen molar-refractivity contribution in [3.05, 3.63) is 70.2 Å². The van der Waals surface area contributed by atoms with Crippen LogP contribution in [-0.4, -0.2) is 28.5 Å². The Hall–Kier alpha value is -4.72. The molecule has 0 fully saturated rings. The number of ether oxygens (including phenoxy) is 2. The molecule has 1 amide bonds. The topological polar surface area (TPSA) is 111 Å². The predicted molar refractivity (Wildman–Crippen MR) is 124 cm³/mol. The van der Waals surface area contributed by atoms with Gasteiger partial charge in [0.15, 0.2) is 17.1 Å². The Labute approximate surface area is 202 Å². The number of alkyl halides is 2. The molecule has 0 aliphatic carbocycles. The summed E-state index contributed by atoms with van der Waals surface area (Å²) >= 11 is 0. The zero-order valence-electron chi connectivity index (χ0n) is 19.1. The standard InChI is InChI=1S/C25H18F2N4O5/c1-3-30(16-6-7-19-20(11-16)36-25(26,27)35-19)21(32)13-31-24(33)17-8-9-34-23(17)22(29-31)18-10-15(12-28)5-4-14(18)2/h4-11H,3,13H2,1-2H3. The van der Waals surface area contributed by atoms with Gasteiger partial charge in [0, 0.05) is 23.9 Å². The van der Waals surface area contributed by atoms with Crippen LogP contribution in [0.3, 0.4) is 0 Å². The maximum atomic E-state index is 13.4. The summed E-state index contributed by atoms with van der Waals surface area (Å²) in [6.45, 7) is 3.29. The molecule has 0 unspecified atom stereocenters. The van der Waals surface area contributed by atoms with Crippen LogP contribution in [0.2, 0.25) is 0 Å². The van der Waals surface area contributed by atoms with Crippen LogP contribution in [0.25, 0.3) is 22.2 Å². The minimum Gasteiger partial charge on any atom is -0.462 e. The van der Waals surface area contributed by atoms with Crippen LogP contribution in [0.15, 0.2) is 57.9 Å². The molecule has 3 heterocycles. The van der Waals surface area contributed by atoms with Crippen LogP contribution in [0.1, 0.15) is 18.1 Å². The van der Waals surface area contributed by atoms with Gasteiger partial charge in [-0.2, -0.15) is 10.4 Å². The highest BCUT2D eigenvalue weighted by Gasteiger charge is 2.43. The first-order valence-electron chi connectivity index (χ1n) is 10.9. The molecule has 0 radical (unpaired) electrons. The lowest BCUT2D eigenvalue weighted by Gasteiger charge is -2.21. The molecule has 1 aliphatic heterocycles. The van der Waals surface area contributed by atoms with E-state index in [1.165, 1.54) is 35.4 Å². The summed E-state index contributed by atoms with van der Waals surface area (Å²) < 4.78 is 42.2. The third-order valence-corrected chi connectivity index (χ3v) is 5.79. The summed E-state index contributed by atoms with van der Waals surface area (Å²) in [5.74, 6) is -0.849. The molecule has 0 atom stereocenters. The van der Waals surface area contributed by atoms with E-state index in [4.69, 9.17) is 4.42 Å². The maximum absolute atomic E-state index is 13.4. The Morgan fingerprint density at radius 1 is 1.17 bits per heavy atom. The van der Waals surface area contributed by atoms with Gasteiger partial charge >= 0.3 is 6.29 Å². The van der Waals surface area contributed by atoms with Crippen molar-refractivity contribution in [2.24, 2.45) is 0 Å². The van der Waals surface area contributed by atoms with Gasteiger partial charge in [-0.15, -0.1) is 8.78 Å². The number of nitriles is 1. The average molecular weight is 492 g/mol. The summed E-state index contributed by atoms with van der Waals surface area (Å²) in [4.78, 5) is 27.7. The fraction of sp³-hybridized carbons (Fsp3) is 0.200. The number of benzene rings is 2. The monoisotopic (exact) mass is 492 g/mol. The van der Waals surface area contributed by atoms with Crippen LogP contribution < -0.4 is 19.9 Å². The lowest BCUT2D eigenvalue weighted by molar-refractivity contribution is -0.286. The summed E-state index contributed by atoms with van der Waals surface area (Å²) in [6, 6.07) is 12.6. The van der Waals surface area contributed by atoms with E-state index in [1.54, 1.807) is 25.1 Å². The van der Waals surface area contributed by atoms with Gasteiger partial charge in [-0.25, -0.2) is 4.68 Å². The molecule has 9 nitrogen and oxygen atoms in total. The SMILES string of the molecule is CCN(C(=O)Cn1nc(-c2cc(C#N)ccc2C)c2occc2c1=O)c1ccc2c(c1)OC(F)(F)O2. The summed E-state index contributed by atoms with van der Waals surface area (Å²) in [6.07, 6.45) is -2.43. The maximum Gasteiger partial charge on any atom is 0.586 e. The number of rotatable bonds is 5. The van der Waals surface area contributed by atoms with Crippen molar-refractivity contribution in [1.29, 1.82) is 5.26 Å². The van der Waals surface area contributed by atoms with Gasteiger partial charge in [-0.1, -0.05) is 6.07 Å². The van der Waals surface area contributed by atoms with E-state index in [-0.39, 0.29) is 34.7 Å². The highest BCUT2D eigenvalue weighted by atomic mass is 19.3. The largest absolute Gasteiger partial charge is 0.586 e. The Balaban J connectivity index is 1.53. The minimum atomic E-state index is -3.78. The smallest absolute Gasteiger partial charge is 0.462 e. The number of halogens is 2. The molecule has 1 aliphatic rings. The van der Waals surface area contributed by atoms with Crippen molar-refractivity contribution in [2.45, 2.75) is 26.7 Å². The molecule has 2 aromatic heterocycles. The predicted octanol–water partition coefficient (Wildman–Crippen LogP) is 4.21. The minimum absolute atomic E-state index is 0.143. The quantitative estimate of drug-likeness (QED) is 0.410. The normalized spacial score (nSPS) is 13.5. The van der Waals surface area contributed by atoms with Crippen molar-refractivity contribution < 1.29 is 27.5 Å². The van der Waals surface area contributed by atoms with Gasteiger partial charge in [-0.05, 0) is 49.7 Å². The van der Waals surface area contributed by atoms with E-state index >= 15 is 0 Å². The number of carbonyl (C=O) groups excluding carboxylic acids is 1. The van der Waals surface area contributed by atoms with E-state index in [2.05, 4.69) is 20.6 Å². The van der Waals surface area contributed by atoms with E-state index in [1.807, 2.05) is 6.92 Å². The second-order valence-corrected chi connectivity index (χ2v) is 8.05.